The lowest BCUT2D eigenvalue weighted by atomic mass is 10.2. The van der Waals surface area contributed by atoms with Crippen molar-refractivity contribution in [1.29, 1.82) is 0 Å². The van der Waals surface area contributed by atoms with E-state index in [1.165, 1.54) is 18.3 Å². The van der Waals surface area contributed by atoms with Crippen LogP contribution in [-0.4, -0.2) is 37.4 Å². The van der Waals surface area contributed by atoms with E-state index in [9.17, 15) is 13.2 Å². The number of pyridine rings is 1. The largest absolute Gasteiger partial charge is 0.392 e. The number of rotatable bonds is 5. The number of nitrogens with two attached hydrogens (primary N) is 1. The van der Waals surface area contributed by atoms with Gasteiger partial charge in [0.05, 0.1) is 0 Å². The van der Waals surface area contributed by atoms with E-state index in [0.29, 0.717) is 5.56 Å². The highest BCUT2D eigenvalue weighted by Crippen LogP contribution is 2.21. The SMILES string of the molecule is CS(=O)(=O)c1ccc(/C(=N\OC2CCCC2)C(N)=O)cn1. The van der Waals surface area contributed by atoms with Gasteiger partial charge in [-0.3, -0.25) is 4.79 Å². The molecule has 0 aromatic carbocycles. The van der Waals surface area contributed by atoms with Crippen LogP contribution in [0.3, 0.4) is 0 Å². The second-order valence-electron chi connectivity index (χ2n) is 4.97. The minimum absolute atomic E-state index is 0.00241. The Morgan fingerprint density at radius 1 is 1.38 bits per heavy atom. The summed E-state index contributed by atoms with van der Waals surface area (Å²) >= 11 is 0. The van der Waals surface area contributed by atoms with Crippen molar-refractivity contribution in [2.75, 3.05) is 6.26 Å². The standard InChI is InChI=1S/C13H17N3O4S/c1-21(18,19)11-7-6-9(8-15-11)12(13(14)17)16-20-10-4-2-3-5-10/h6-8,10H,2-5H2,1H3,(H2,14,17)/b16-12+. The summed E-state index contributed by atoms with van der Waals surface area (Å²) in [6.07, 6.45) is 6.27. The first-order valence-electron chi connectivity index (χ1n) is 6.58. The minimum Gasteiger partial charge on any atom is -0.392 e. The zero-order valence-corrected chi connectivity index (χ0v) is 12.5. The van der Waals surface area contributed by atoms with E-state index in [2.05, 4.69) is 10.1 Å². The highest BCUT2D eigenvalue weighted by molar-refractivity contribution is 7.90. The van der Waals surface area contributed by atoms with Gasteiger partial charge in [-0.25, -0.2) is 13.4 Å². The van der Waals surface area contributed by atoms with Gasteiger partial charge in [0.25, 0.3) is 5.91 Å². The van der Waals surface area contributed by atoms with Crippen molar-refractivity contribution in [1.82, 2.24) is 4.98 Å². The van der Waals surface area contributed by atoms with Crippen molar-refractivity contribution in [2.45, 2.75) is 36.8 Å². The van der Waals surface area contributed by atoms with Gasteiger partial charge in [-0.05, 0) is 37.8 Å². The summed E-state index contributed by atoms with van der Waals surface area (Å²) in [4.78, 5) is 20.6. The predicted molar refractivity (Wildman–Crippen MR) is 76.4 cm³/mol. The molecule has 0 aliphatic heterocycles. The molecule has 1 aliphatic rings. The Morgan fingerprint density at radius 2 is 2.05 bits per heavy atom. The molecule has 1 heterocycles. The molecule has 0 bridgehead atoms. The van der Waals surface area contributed by atoms with Crippen LogP contribution in [0.4, 0.5) is 0 Å². The van der Waals surface area contributed by atoms with Gasteiger partial charge < -0.3 is 10.6 Å². The first kappa shape index (κ1) is 15.4. The molecule has 1 amide bonds. The fourth-order valence-corrected chi connectivity index (χ4v) is 2.66. The van der Waals surface area contributed by atoms with E-state index in [4.69, 9.17) is 10.6 Å². The van der Waals surface area contributed by atoms with Gasteiger partial charge in [-0.2, -0.15) is 0 Å². The summed E-state index contributed by atoms with van der Waals surface area (Å²) in [5.41, 5.74) is 5.55. The quantitative estimate of drug-likeness (QED) is 0.633. The number of sulfone groups is 1. The third-order valence-corrected chi connectivity index (χ3v) is 4.22. The highest BCUT2D eigenvalue weighted by atomic mass is 32.2. The first-order valence-corrected chi connectivity index (χ1v) is 8.47. The van der Waals surface area contributed by atoms with Gasteiger partial charge in [0.2, 0.25) is 0 Å². The maximum absolute atomic E-state index is 11.5. The molecule has 2 N–H and O–H groups in total. The summed E-state index contributed by atoms with van der Waals surface area (Å²) in [7, 11) is -3.39. The third-order valence-electron chi connectivity index (χ3n) is 3.22. The molecular weight excluding hydrogens is 294 g/mol. The zero-order valence-electron chi connectivity index (χ0n) is 11.7. The summed E-state index contributed by atoms with van der Waals surface area (Å²) in [5.74, 6) is -0.748. The normalized spacial score (nSPS) is 16.9. The molecule has 1 aromatic rings. The van der Waals surface area contributed by atoms with Gasteiger partial charge in [0, 0.05) is 18.0 Å². The Kier molecular flexibility index (Phi) is 4.56. The van der Waals surface area contributed by atoms with Crippen LogP contribution in [0.25, 0.3) is 0 Å². The predicted octanol–water partition coefficient (Wildman–Crippen LogP) is 0.634. The van der Waals surface area contributed by atoms with Crippen molar-refractivity contribution in [3.05, 3.63) is 23.9 Å². The third kappa shape index (κ3) is 4.01. The van der Waals surface area contributed by atoms with Crippen molar-refractivity contribution in [3.8, 4) is 0 Å². The van der Waals surface area contributed by atoms with Crippen LogP contribution in [-0.2, 0) is 19.5 Å². The second kappa shape index (κ2) is 6.21. The number of hydrogen-bond donors (Lipinski definition) is 1. The molecule has 8 heteroatoms. The lowest BCUT2D eigenvalue weighted by Crippen LogP contribution is -2.25. The minimum atomic E-state index is -3.39. The highest BCUT2D eigenvalue weighted by Gasteiger charge is 2.19. The van der Waals surface area contributed by atoms with Crippen LogP contribution in [0.15, 0.2) is 28.5 Å². The summed E-state index contributed by atoms with van der Waals surface area (Å²) in [6.45, 7) is 0. The Balaban J connectivity index is 2.21. The fourth-order valence-electron chi connectivity index (χ4n) is 2.10. The van der Waals surface area contributed by atoms with Gasteiger partial charge >= 0.3 is 0 Å². The number of carbonyl (C=O) groups excluding carboxylic acids is 1. The maximum atomic E-state index is 11.5. The van der Waals surface area contributed by atoms with E-state index in [0.717, 1.165) is 31.9 Å². The lowest BCUT2D eigenvalue weighted by Gasteiger charge is -2.08. The molecule has 1 aromatic heterocycles. The van der Waals surface area contributed by atoms with Crippen LogP contribution in [0.2, 0.25) is 0 Å². The number of nitrogens with zero attached hydrogens (tertiary/aromatic N) is 2. The molecule has 0 atom stereocenters. The van der Waals surface area contributed by atoms with Crippen LogP contribution < -0.4 is 5.73 Å². The smallest absolute Gasteiger partial charge is 0.271 e. The molecule has 1 aliphatic carbocycles. The van der Waals surface area contributed by atoms with Crippen molar-refractivity contribution in [2.24, 2.45) is 10.9 Å². The molecule has 0 unspecified atom stereocenters. The Labute approximate surface area is 123 Å². The monoisotopic (exact) mass is 311 g/mol. The summed E-state index contributed by atoms with van der Waals surface area (Å²) in [6, 6.07) is 2.74. The molecule has 1 fully saturated rings. The lowest BCUT2D eigenvalue weighted by molar-refractivity contribution is -0.112. The molecule has 1 saturated carbocycles. The molecule has 7 nitrogen and oxygen atoms in total. The molecule has 0 saturated heterocycles. The summed E-state index contributed by atoms with van der Waals surface area (Å²) in [5, 5.41) is 3.74. The number of amides is 1. The van der Waals surface area contributed by atoms with Crippen LogP contribution in [0.5, 0.6) is 0 Å². The van der Waals surface area contributed by atoms with Crippen LogP contribution >= 0.6 is 0 Å². The Hall–Kier alpha value is -1.96. The Morgan fingerprint density at radius 3 is 2.52 bits per heavy atom. The number of aromatic nitrogens is 1. The van der Waals surface area contributed by atoms with Gasteiger partial charge in [-0.15, -0.1) is 0 Å². The fraction of sp³-hybridized carbons (Fsp3) is 0.462. The number of hydrogen-bond acceptors (Lipinski definition) is 6. The zero-order chi connectivity index (χ0) is 15.5. The van der Waals surface area contributed by atoms with Crippen molar-refractivity contribution in [3.63, 3.8) is 0 Å². The number of primary amides is 1. The van der Waals surface area contributed by atoms with Gasteiger partial charge in [0.15, 0.2) is 20.6 Å². The molecular formula is C13H17N3O4S. The van der Waals surface area contributed by atoms with E-state index in [-0.39, 0.29) is 16.8 Å². The molecule has 2 rings (SSSR count). The van der Waals surface area contributed by atoms with Gasteiger partial charge in [0.1, 0.15) is 6.10 Å². The topological polar surface area (TPSA) is 112 Å². The Bertz CT molecular complexity index is 646. The number of oxime groups is 1. The molecule has 114 valence electrons. The summed E-state index contributed by atoms with van der Waals surface area (Å²) < 4.78 is 22.7. The average molecular weight is 311 g/mol. The maximum Gasteiger partial charge on any atom is 0.271 e. The second-order valence-corrected chi connectivity index (χ2v) is 6.94. The van der Waals surface area contributed by atoms with E-state index >= 15 is 0 Å². The van der Waals surface area contributed by atoms with E-state index < -0.39 is 15.7 Å². The van der Waals surface area contributed by atoms with Crippen LogP contribution in [0, 0.1) is 0 Å². The van der Waals surface area contributed by atoms with Crippen molar-refractivity contribution >= 4 is 21.5 Å². The van der Waals surface area contributed by atoms with E-state index in [1.54, 1.807) is 0 Å². The average Bonchev–Trinajstić information content (AvgIpc) is 2.91. The van der Waals surface area contributed by atoms with Crippen LogP contribution in [0.1, 0.15) is 31.2 Å². The first-order chi connectivity index (χ1) is 9.88. The van der Waals surface area contributed by atoms with Gasteiger partial charge in [-0.1, -0.05) is 5.16 Å². The van der Waals surface area contributed by atoms with E-state index in [1.807, 2.05) is 0 Å². The molecule has 21 heavy (non-hydrogen) atoms. The number of carbonyl (C=O) groups is 1. The van der Waals surface area contributed by atoms with Crippen molar-refractivity contribution < 1.29 is 18.0 Å². The molecule has 0 spiro atoms. The molecule has 0 radical (unpaired) electrons.